The van der Waals surface area contributed by atoms with E-state index in [4.69, 9.17) is 4.74 Å². The molecule has 0 aliphatic rings. The van der Waals surface area contributed by atoms with Crippen molar-refractivity contribution < 1.29 is 9.13 Å². The van der Waals surface area contributed by atoms with Gasteiger partial charge < -0.3 is 15.4 Å². The van der Waals surface area contributed by atoms with Crippen LogP contribution in [0.3, 0.4) is 0 Å². The highest BCUT2D eigenvalue weighted by atomic mass is 19.1. The molecule has 1 atom stereocenters. The second-order valence-electron chi connectivity index (χ2n) is 7.45. The number of methoxy groups -OCH3 is 1. The molecule has 0 radical (unpaired) electrons. The standard InChI is InChI=1S/C20H30FN5O/c1-20(2,3)18(27-5)14-24-19(22-4)23-12-10-16-11-13-26(25-16)17-8-6-15(21)7-9-17/h6-9,11,13,18H,10,12,14H2,1-5H3,(H2,22,23,24). The Kier molecular flexibility index (Phi) is 7.36. The normalized spacial score (nSPS) is 13.5. The molecule has 148 valence electrons. The quantitative estimate of drug-likeness (QED) is 0.577. The summed E-state index contributed by atoms with van der Waals surface area (Å²) < 4.78 is 20.3. The number of aliphatic imine (C=N–C) groups is 1. The minimum Gasteiger partial charge on any atom is -0.379 e. The van der Waals surface area contributed by atoms with Crippen molar-refractivity contribution in [3.63, 3.8) is 0 Å². The third-order valence-corrected chi connectivity index (χ3v) is 4.34. The highest BCUT2D eigenvalue weighted by Gasteiger charge is 2.24. The predicted molar refractivity (Wildman–Crippen MR) is 107 cm³/mol. The van der Waals surface area contributed by atoms with Crippen molar-refractivity contribution in [2.45, 2.75) is 33.3 Å². The van der Waals surface area contributed by atoms with Crippen LogP contribution in [0.5, 0.6) is 0 Å². The number of halogens is 1. The molecule has 0 spiro atoms. The van der Waals surface area contributed by atoms with Gasteiger partial charge in [0, 0.05) is 39.9 Å². The van der Waals surface area contributed by atoms with Gasteiger partial charge >= 0.3 is 0 Å². The van der Waals surface area contributed by atoms with E-state index in [0.717, 1.165) is 23.8 Å². The SMILES string of the molecule is CN=C(NCCc1ccn(-c2ccc(F)cc2)n1)NCC(OC)C(C)(C)C. The molecule has 7 heteroatoms. The number of aromatic nitrogens is 2. The first-order valence-electron chi connectivity index (χ1n) is 9.11. The van der Waals surface area contributed by atoms with Crippen molar-refractivity contribution >= 4 is 5.96 Å². The summed E-state index contributed by atoms with van der Waals surface area (Å²) in [5, 5.41) is 11.1. The van der Waals surface area contributed by atoms with E-state index in [1.807, 2.05) is 12.3 Å². The molecule has 1 aromatic carbocycles. The molecule has 0 fully saturated rings. The average Bonchev–Trinajstić information content (AvgIpc) is 3.09. The number of hydrogen-bond acceptors (Lipinski definition) is 3. The van der Waals surface area contributed by atoms with Crippen molar-refractivity contribution in [1.82, 2.24) is 20.4 Å². The zero-order chi connectivity index (χ0) is 19.9. The summed E-state index contributed by atoms with van der Waals surface area (Å²) in [5.41, 5.74) is 1.83. The first-order chi connectivity index (χ1) is 12.8. The topological polar surface area (TPSA) is 63.5 Å². The first kappa shape index (κ1) is 20.9. The summed E-state index contributed by atoms with van der Waals surface area (Å²) >= 11 is 0. The van der Waals surface area contributed by atoms with E-state index in [1.165, 1.54) is 12.1 Å². The second-order valence-corrected chi connectivity index (χ2v) is 7.45. The van der Waals surface area contributed by atoms with Crippen LogP contribution in [0.15, 0.2) is 41.5 Å². The molecule has 6 nitrogen and oxygen atoms in total. The van der Waals surface area contributed by atoms with Crippen molar-refractivity contribution in [2.75, 3.05) is 27.2 Å². The van der Waals surface area contributed by atoms with Gasteiger partial charge in [0.1, 0.15) is 5.82 Å². The van der Waals surface area contributed by atoms with Crippen LogP contribution in [0.1, 0.15) is 26.5 Å². The lowest BCUT2D eigenvalue weighted by atomic mass is 9.89. The molecule has 0 bridgehead atoms. The fourth-order valence-electron chi connectivity index (χ4n) is 2.69. The molecule has 2 N–H and O–H groups in total. The largest absolute Gasteiger partial charge is 0.379 e. The highest BCUT2D eigenvalue weighted by molar-refractivity contribution is 5.79. The Balaban J connectivity index is 1.82. The summed E-state index contributed by atoms with van der Waals surface area (Å²) in [4.78, 5) is 4.25. The maximum absolute atomic E-state index is 13.0. The number of rotatable bonds is 7. The molecular formula is C20H30FN5O. The number of nitrogens with one attached hydrogen (secondary N) is 2. The van der Waals surface area contributed by atoms with E-state index in [2.05, 4.69) is 41.5 Å². The van der Waals surface area contributed by atoms with Gasteiger partial charge in [0.15, 0.2) is 5.96 Å². The van der Waals surface area contributed by atoms with Gasteiger partial charge in [-0.25, -0.2) is 9.07 Å². The Labute approximate surface area is 160 Å². The van der Waals surface area contributed by atoms with Gasteiger partial charge in [-0.05, 0) is 35.7 Å². The van der Waals surface area contributed by atoms with E-state index in [1.54, 1.807) is 31.0 Å². The van der Waals surface area contributed by atoms with E-state index < -0.39 is 0 Å². The van der Waals surface area contributed by atoms with E-state index >= 15 is 0 Å². The Morgan fingerprint density at radius 2 is 1.93 bits per heavy atom. The van der Waals surface area contributed by atoms with Gasteiger partial charge in [0.25, 0.3) is 0 Å². The molecule has 0 saturated heterocycles. The monoisotopic (exact) mass is 375 g/mol. The van der Waals surface area contributed by atoms with Crippen molar-refractivity contribution in [2.24, 2.45) is 10.4 Å². The van der Waals surface area contributed by atoms with Gasteiger partial charge in [-0.2, -0.15) is 5.10 Å². The van der Waals surface area contributed by atoms with Crippen molar-refractivity contribution in [3.8, 4) is 5.69 Å². The number of ether oxygens (including phenoxy) is 1. The maximum atomic E-state index is 13.0. The van der Waals surface area contributed by atoms with Crippen LogP contribution >= 0.6 is 0 Å². The molecule has 1 heterocycles. The molecule has 1 aromatic heterocycles. The summed E-state index contributed by atoms with van der Waals surface area (Å²) in [6.07, 6.45) is 2.71. The van der Waals surface area contributed by atoms with Crippen molar-refractivity contribution in [1.29, 1.82) is 0 Å². The molecule has 0 aliphatic heterocycles. The lowest BCUT2D eigenvalue weighted by Crippen LogP contribution is -2.45. The fraction of sp³-hybridized carbons (Fsp3) is 0.500. The van der Waals surface area contributed by atoms with Gasteiger partial charge in [-0.1, -0.05) is 20.8 Å². The molecule has 2 aromatic rings. The Hall–Kier alpha value is -2.41. The molecule has 27 heavy (non-hydrogen) atoms. The van der Waals surface area contributed by atoms with Crippen LogP contribution in [0.4, 0.5) is 4.39 Å². The summed E-state index contributed by atoms with van der Waals surface area (Å²) in [7, 11) is 3.47. The Bertz CT molecular complexity index is 734. The Morgan fingerprint density at radius 1 is 1.22 bits per heavy atom. The smallest absolute Gasteiger partial charge is 0.191 e. The molecule has 0 saturated carbocycles. The second kappa shape index (κ2) is 9.50. The summed E-state index contributed by atoms with van der Waals surface area (Å²) in [5.74, 6) is 0.482. The third kappa shape index (κ3) is 6.36. The molecule has 2 rings (SSSR count). The highest BCUT2D eigenvalue weighted by Crippen LogP contribution is 2.20. The minimum absolute atomic E-state index is 0.0494. The number of hydrogen-bond donors (Lipinski definition) is 2. The van der Waals surface area contributed by atoms with Gasteiger partial charge in [0.05, 0.1) is 17.5 Å². The average molecular weight is 375 g/mol. The van der Waals surface area contributed by atoms with Gasteiger partial charge in [-0.3, -0.25) is 4.99 Å². The Morgan fingerprint density at radius 3 is 2.52 bits per heavy atom. The number of nitrogens with zero attached hydrogens (tertiary/aromatic N) is 3. The third-order valence-electron chi connectivity index (χ3n) is 4.34. The zero-order valence-electron chi connectivity index (χ0n) is 16.8. The molecule has 0 amide bonds. The molecular weight excluding hydrogens is 345 g/mol. The van der Waals surface area contributed by atoms with Gasteiger partial charge in [0.2, 0.25) is 0 Å². The predicted octanol–water partition coefficient (Wildman–Crippen LogP) is 2.78. The van der Waals surface area contributed by atoms with Crippen LogP contribution < -0.4 is 10.6 Å². The van der Waals surface area contributed by atoms with Crippen LogP contribution in [0.25, 0.3) is 5.69 Å². The first-order valence-corrected chi connectivity index (χ1v) is 9.11. The number of benzene rings is 1. The van der Waals surface area contributed by atoms with E-state index in [9.17, 15) is 4.39 Å². The summed E-state index contributed by atoms with van der Waals surface area (Å²) in [6.45, 7) is 7.83. The van der Waals surface area contributed by atoms with Crippen LogP contribution in [-0.2, 0) is 11.2 Å². The van der Waals surface area contributed by atoms with E-state index in [-0.39, 0.29) is 17.3 Å². The summed E-state index contributed by atoms with van der Waals surface area (Å²) in [6, 6.07) is 8.23. The van der Waals surface area contributed by atoms with Crippen LogP contribution in [0, 0.1) is 11.2 Å². The van der Waals surface area contributed by atoms with Crippen molar-refractivity contribution in [3.05, 3.63) is 48.0 Å². The molecule has 1 unspecified atom stereocenters. The lowest BCUT2D eigenvalue weighted by Gasteiger charge is -2.30. The maximum Gasteiger partial charge on any atom is 0.191 e. The van der Waals surface area contributed by atoms with Crippen LogP contribution in [-0.4, -0.2) is 49.1 Å². The number of guanidine groups is 1. The zero-order valence-corrected chi connectivity index (χ0v) is 16.8. The van der Waals surface area contributed by atoms with E-state index in [0.29, 0.717) is 13.1 Å². The minimum atomic E-state index is -0.253. The van der Waals surface area contributed by atoms with Crippen LogP contribution in [0.2, 0.25) is 0 Å². The van der Waals surface area contributed by atoms with Gasteiger partial charge in [-0.15, -0.1) is 0 Å². The fourth-order valence-corrected chi connectivity index (χ4v) is 2.69. The molecule has 0 aliphatic carbocycles. The lowest BCUT2D eigenvalue weighted by molar-refractivity contribution is 0.0205.